The summed E-state index contributed by atoms with van der Waals surface area (Å²) < 4.78 is 10.9. The molecule has 0 saturated carbocycles. The number of carbonyl (C=O) groups is 1. The molecule has 4 nitrogen and oxygen atoms in total. The summed E-state index contributed by atoms with van der Waals surface area (Å²) in [5.41, 5.74) is 0.929. The predicted molar refractivity (Wildman–Crippen MR) is 85.1 cm³/mol. The molecule has 0 saturated heterocycles. The van der Waals surface area contributed by atoms with E-state index in [1.54, 1.807) is 18.4 Å². The summed E-state index contributed by atoms with van der Waals surface area (Å²) in [6.07, 6.45) is 2.22. The second-order valence-electron chi connectivity index (χ2n) is 4.52. The van der Waals surface area contributed by atoms with E-state index in [4.69, 9.17) is 23.2 Å². The van der Waals surface area contributed by atoms with Crippen molar-refractivity contribution in [3.05, 3.63) is 33.8 Å². The van der Waals surface area contributed by atoms with Gasteiger partial charge in [0, 0.05) is 45.4 Å². The highest BCUT2D eigenvalue weighted by molar-refractivity contribution is 7.84. The molecule has 0 fully saturated rings. The van der Waals surface area contributed by atoms with E-state index in [2.05, 4.69) is 10.6 Å². The second kappa shape index (κ2) is 8.49. The number of rotatable bonds is 6. The number of halogens is 2. The summed E-state index contributed by atoms with van der Waals surface area (Å²) >= 11 is 11.9. The van der Waals surface area contributed by atoms with Crippen LogP contribution in [-0.2, 0) is 17.2 Å². The Kier molecular flexibility index (Phi) is 7.34. The molecule has 1 aromatic carbocycles. The first-order chi connectivity index (χ1) is 9.38. The first kappa shape index (κ1) is 17.3. The number of hydrogen-bond donors (Lipinski definition) is 2. The smallest absolute Gasteiger partial charge is 0.315 e. The van der Waals surface area contributed by atoms with Crippen LogP contribution in [0.1, 0.15) is 12.5 Å². The van der Waals surface area contributed by atoms with Crippen LogP contribution in [0, 0.1) is 0 Å². The Bertz CT molecular complexity index is 497. The number of nitrogens with one attached hydrogen (secondary N) is 2. The number of amides is 2. The van der Waals surface area contributed by atoms with Gasteiger partial charge in [-0.3, -0.25) is 4.21 Å². The fourth-order valence-corrected chi connectivity index (χ4v) is 2.53. The third-order valence-corrected chi connectivity index (χ3v) is 3.96. The lowest BCUT2D eigenvalue weighted by molar-refractivity contribution is 0.238. The molecule has 0 unspecified atom stereocenters. The van der Waals surface area contributed by atoms with E-state index in [-0.39, 0.29) is 12.1 Å². The van der Waals surface area contributed by atoms with Gasteiger partial charge in [-0.2, -0.15) is 0 Å². The zero-order chi connectivity index (χ0) is 15.1. The zero-order valence-electron chi connectivity index (χ0n) is 11.4. The highest BCUT2D eigenvalue weighted by atomic mass is 35.5. The Labute approximate surface area is 131 Å². The standard InChI is InChI=1S/C13H18Cl2N2O2S/c1-9(17-13(18)16-5-6-20(2)19)7-10-3-4-11(14)8-12(10)15/h3-4,8-9H,5-7H2,1-2H3,(H2,16,17,18)/t9-,20-/m0/s1. The van der Waals surface area contributed by atoms with Gasteiger partial charge >= 0.3 is 6.03 Å². The SMILES string of the molecule is C[C@@H](Cc1ccc(Cl)cc1Cl)NC(=O)NCC[S@](C)=O. The summed E-state index contributed by atoms with van der Waals surface area (Å²) in [5, 5.41) is 6.64. The lowest BCUT2D eigenvalue weighted by Gasteiger charge is -2.15. The molecule has 2 N–H and O–H groups in total. The highest BCUT2D eigenvalue weighted by Gasteiger charge is 2.10. The van der Waals surface area contributed by atoms with Crippen molar-refractivity contribution in [2.75, 3.05) is 18.6 Å². The predicted octanol–water partition coefficient (Wildman–Crippen LogP) is 2.60. The monoisotopic (exact) mass is 336 g/mol. The van der Waals surface area contributed by atoms with E-state index in [0.29, 0.717) is 28.8 Å². The van der Waals surface area contributed by atoms with Gasteiger partial charge in [0.25, 0.3) is 0 Å². The first-order valence-corrected chi connectivity index (χ1v) is 8.65. The minimum Gasteiger partial charge on any atom is -0.337 e. The van der Waals surface area contributed by atoms with Crippen LogP contribution in [0.5, 0.6) is 0 Å². The molecule has 0 aliphatic carbocycles. The van der Waals surface area contributed by atoms with Crippen LogP contribution in [0.25, 0.3) is 0 Å². The molecule has 0 spiro atoms. The lowest BCUT2D eigenvalue weighted by Crippen LogP contribution is -2.42. The van der Waals surface area contributed by atoms with Crippen molar-refractivity contribution in [3.8, 4) is 0 Å². The molecule has 0 radical (unpaired) electrons. The third-order valence-electron chi connectivity index (χ3n) is 2.59. The Morgan fingerprint density at radius 3 is 2.70 bits per heavy atom. The van der Waals surface area contributed by atoms with Gasteiger partial charge in [0.2, 0.25) is 0 Å². The Morgan fingerprint density at radius 2 is 2.10 bits per heavy atom. The van der Waals surface area contributed by atoms with E-state index in [1.807, 2.05) is 13.0 Å². The molecule has 0 aromatic heterocycles. The topological polar surface area (TPSA) is 58.2 Å². The van der Waals surface area contributed by atoms with Crippen LogP contribution in [0.4, 0.5) is 4.79 Å². The van der Waals surface area contributed by atoms with Crippen molar-refractivity contribution in [2.45, 2.75) is 19.4 Å². The summed E-state index contributed by atoms with van der Waals surface area (Å²) in [7, 11) is -0.904. The Balaban J connectivity index is 2.41. The molecule has 1 aromatic rings. The van der Waals surface area contributed by atoms with Crippen LogP contribution in [0.3, 0.4) is 0 Å². The Morgan fingerprint density at radius 1 is 1.40 bits per heavy atom. The molecule has 0 heterocycles. The van der Waals surface area contributed by atoms with Gasteiger partial charge in [-0.15, -0.1) is 0 Å². The normalized spacial score (nSPS) is 13.6. The number of benzene rings is 1. The number of hydrogen-bond acceptors (Lipinski definition) is 2. The van der Waals surface area contributed by atoms with Gasteiger partial charge in [-0.05, 0) is 31.0 Å². The summed E-state index contributed by atoms with van der Waals surface area (Å²) in [6, 6.07) is 4.96. The van der Waals surface area contributed by atoms with Crippen LogP contribution in [0.15, 0.2) is 18.2 Å². The maximum absolute atomic E-state index is 11.6. The first-order valence-electron chi connectivity index (χ1n) is 6.17. The van der Waals surface area contributed by atoms with E-state index < -0.39 is 10.8 Å². The van der Waals surface area contributed by atoms with Crippen LogP contribution < -0.4 is 10.6 Å². The van der Waals surface area contributed by atoms with Crippen LogP contribution in [0.2, 0.25) is 10.0 Å². The molecule has 1 rings (SSSR count). The lowest BCUT2D eigenvalue weighted by atomic mass is 10.1. The molecule has 0 aliphatic heterocycles. The molecule has 20 heavy (non-hydrogen) atoms. The van der Waals surface area contributed by atoms with Crippen molar-refractivity contribution < 1.29 is 9.00 Å². The quantitative estimate of drug-likeness (QED) is 0.838. The second-order valence-corrected chi connectivity index (χ2v) is 6.92. The van der Waals surface area contributed by atoms with Gasteiger partial charge in [0.05, 0.1) is 0 Å². The van der Waals surface area contributed by atoms with Crippen LogP contribution in [-0.4, -0.2) is 34.8 Å². The molecule has 0 aliphatic rings. The molecular weight excluding hydrogens is 319 g/mol. The average molecular weight is 337 g/mol. The van der Waals surface area contributed by atoms with Gasteiger partial charge in [-0.1, -0.05) is 29.3 Å². The van der Waals surface area contributed by atoms with Crippen molar-refractivity contribution in [1.29, 1.82) is 0 Å². The number of carbonyl (C=O) groups excluding carboxylic acids is 1. The van der Waals surface area contributed by atoms with E-state index >= 15 is 0 Å². The van der Waals surface area contributed by atoms with Crippen LogP contribution >= 0.6 is 23.2 Å². The fraction of sp³-hybridized carbons (Fsp3) is 0.462. The molecule has 2 amide bonds. The average Bonchev–Trinajstić information content (AvgIpc) is 2.32. The van der Waals surface area contributed by atoms with Crippen molar-refractivity contribution >= 4 is 40.0 Å². The van der Waals surface area contributed by atoms with Gasteiger partial charge in [0.15, 0.2) is 0 Å². The number of urea groups is 1. The summed E-state index contributed by atoms with van der Waals surface area (Å²) in [4.78, 5) is 11.6. The molecular formula is C13H18Cl2N2O2S. The van der Waals surface area contributed by atoms with Gasteiger partial charge < -0.3 is 10.6 Å². The zero-order valence-corrected chi connectivity index (χ0v) is 13.7. The summed E-state index contributed by atoms with van der Waals surface area (Å²) in [6.45, 7) is 2.28. The minimum absolute atomic E-state index is 0.0687. The molecule has 112 valence electrons. The van der Waals surface area contributed by atoms with Crippen molar-refractivity contribution in [3.63, 3.8) is 0 Å². The van der Waals surface area contributed by atoms with Gasteiger partial charge in [0.1, 0.15) is 0 Å². The van der Waals surface area contributed by atoms with Crippen molar-refractivity contribution in [1.82, 2.24) is 10.6 Å². The van der Waals surface area contributed by atoms with E-state index in [9.17, 15) is 9.00 Å². The highest BCUT2D eigenvalue weighted by Crippen LogP contribution is 2.21. The third kappa shape index (κ3) is 6.59. The molecule has 0 bridgehead atoms. The molecule has 2 atom stereocenters. The van der Waals surface area contributed by atoms with E-state index in [1.165, 1.54) is 0 Å². The largest absolute Gasteiger partial charge is 0.337 e. The summed E-state index contributed by atoms with van der Waals surface area (Å²) in [5.74, 6) is 0.449. The molecule has 7 heteroatoms. The maximum Gasteiger partial charge on any atom is 0.315 e. The van der Waals surface area contributed by atoms with Gasteiger partial charge in [-0.25, -0.2) is 4.79 Å². The van der Waals surface area contributed by atoms with Crippen molar-refractivity contribution in [2.24, 2.45) is 0 Å². The van der Waals surface area contributed by atoms with E-state index in [0.717, 1.165) is 5.56 Å². The Hall–Kier alpha value is -0.780. The fourth-order valence-electron chi connectivity index (χ4n) is 1.65. The minimum atomic E-state index is -0.904. The maximum atomic E-state index is 11.6.